The Kier molecular flexibility index (Phi) is 4.01. The van der Waals surface area contributed by atoms with Crippen LogP contribution >= 0.6 is 0 Å². The molecule has 0 bridgehead atoms. The van der Waals surface area contributed by atoms with Gasteiger partial charge >= 0.3 is 0 Å². The number of nitrogens with zero attached hydrogens (tertiary/aromatic N) is 2. The molecule has 0 aliphatic carbocycles. The molecule has 1 aromatic carbocycles. The second kappa shape index (κ2) is 5.81. The van der Waals surface area contributed by atoms with Gasteiger partial charge in [0, 0.05) is 12.6 Å². The van der Waals surface area contributed by atoms with Crippen molar-refractivity contribution in [1.29, 1.82) is 0 Å². The lowest BCUT2D eigenvalue weighted by atomic mass is 9.96. The van der Waals surface area contributed by atoms with Gasteiger partial charge in [-0.1, -0.05) is 24.2 Å². The fourth-order valence-electron chi connectivity index (χ4n) is 2.99. The van der Waals surface area contributed by atoms with Crippen LogP contribution < -0.4 is 0 Å². The van der Waals surface area contributed by atoms with Crippen molar-refractivity contribution in [3.05, 3.63) is 53.7 Å². The fourth-order valence-corrected chi connectivity index (χ4v) is 4.74. The number of hydrogen-bond acceptors (Lipinski definition) is 4. The Labute approximate surface area is 128 Å². The average Bonchev–Trinajstić information content (AvgIpc) is 3.08. The van der Waals surface area contributed by atoms with Gasteiger partial charge in [-0.05, 0) is 30.0 Å². The molecule has 7 heteroatoms. The van der Waals surface area contributed by atoms with Gasteiger partial charge in [-0.15, -0.1) is 0 Å². The van der Waals surface area contributed by atoms with E-state index in [0.29, 0.717) is 17.8 Å². The smallest absolute Gasteiger partial charge is 0.220 e. The zero-order valence-corrected chi connectivity index (χ0v) is 13.0. The summed E-state index contributed by atoms with van der Waals surface area (Å²) in [6.07, 6.45) is 2.10. The van der Waals surface area contributed by atoms with Crippen molar-refractivity contribution in [1.82, 2.24) is 9.46 Å². The van der Waals surface area contributed by atoms with Crippen LogP contribution in [0.5, 0.6) is 0 Å². The molecule has 5 nitrogen and oxygen atoms in total. The molecule has 1 fully saturated rings. The van der Waals surface area contributed by atoms with Crippen LogP contribution in [0.2, 0.25) is 0 Å². The van der Waals surface area contributed by atoms with Gasteiger partial charge in [0.25, 0.3) is 0 Å². The van der Waals surface area contributed by atoms with Gasteiger partial charge in [0.1, 0.15) is 17.8 Å². The minimum absolute atomic E-state index is 0.133. The van der Waals surface area contributed by atoms with Gasteiger partial charge in [-0.3, -0.25) is 0 Å². The van der Waals surface area contributed by atoms with E-state index >= 15 is 0 Å². The topological polar surface area (TPSA) is 63.4 Å². The van der Waals surface area contributed by atoms with Crippen LogP contribution in [-0.2, 0) is 15.8 Å². The minimum Gasteiger partial charge on any atom is -0.364 e. The highest BCUT2D eigenvalue weighted by molar-refractivity contribution is 7.88. The number of hydrogen-bond donors (Lipinski definition) is 0. The zero-order chi connectivity index (χ0) is 15.7. The maximum atomic E-state index is 13.5. The molecule has 1 aliphatic heterocycles. The van der Waals surface area contributed by atoms with Crippen molar-refractivity contribution in [3.63, 3.8) is 0 Å². The molecule has 0 saturated carbocycles. The molecular formula is C15H17FN2O3S. The van der Waals surface area contributed by atoms with Crippen molar-refractivity contribution in [2.24, 2.45) is 5.92 Å². The third-order valence-electron chi connectivity index (χ3n) is 4.02. The van der Waals surface area contributed by atoms with Crippen LogP contribution in [0.25, 0.3) is 0 Å². The molecule has 2 aromatic rings. The Morgan fingerprint density at radius 3 is 2.91 bits per heavy atom. The van der Waals surface area contributed by atoms with Crippen molar-refractivity contribution in [3.8, 4) is 0 Å². The van der Waals surface area contributed by atoms with Crippen LogP contribution in [0.4, 0.5) is 4.39 Å². The molecule has 22 heavy (non-hydrogen) atoms. The second-order valence-electron chi connectivity index (χ2n) is 5.62. The van der Waals surface area contributed by atoms with Crippen molar-refractivity contribution in [2.75, 3.05) is 6.54 Å². The van der Waals surface area contributed by atoms with Gasteiger partial charge < -0.3 is 4.52 Å². The van der Waals surface area contributed by atoms with E-state index in [0.717, 1.165) is 6.42 Å². The summed E-state index contributed by atoms with van der Waals surface area (Å²) in [5.74, 6) is -0.429. The standard InChI is InChI=1S/C15H17FN2O3S/c1-11-5-7-18(15(11)12-3-2-4-13(16)9-12)22(19,20)10-14-6-8-21-17-14/h2-4,6,8-9,11,15H,5,7,10H2,1H3/t11-,15+/m0/s1. The summed E-state index contributed by atoms with van der Waals surface area (Å²) in [6, 6.07) is 7.34. The quantitative estimate of drug-likeness (QED) is 0.867. The van der Waals surface area contributed by atoms with Crippen LogP contribution in [0.15, 0.2) is 41.1 Å². The summed E-state index contributed by atoms with van der Waals surface area (Å²) >= 11 is 0. The molecule has 0 amide bonds. The summed E-state index contributed by atoms with van der Waals surface area (Å²) in [7, 11) is -3.54. The lowest BCUT2D eigenvalue weighted by Crippen LogP contribution is -2.33. The molecule has 2 atom stereocenters. The molecule has 3 rings (SSSR count). The van der Waals surface area contributed by atoms with E-state index in [-0.39, 0.29) is 23.5 Å². The first-order valence-electron chi connectivity index (χ1n) is 7.11. The predicted molar refractivity (Wildman–Crippen MR) is 78.8 cm³/mol. The number of rotatable bonds is 4. The molecular weight excluding hydrogens is 307 g/mol. The third-order valence-corrected chi connectivity index (χ3v) is 5.81. The molecule has 1 saturated heterocycles. The third kappa shape index (κ3) is 2.91. The molecule has 0 unspecified atom stereocenters. The highest BCUT2D eigenvalue weighted by Gasteiger charge is 2.40. The minimum atomic E-state index is -3.54. The van der Waals surface area contributed by atoms with Gasteiger partial charge in [0.15, 0.2) is 0 Å². The number of aromatic nitrogens is 1. The van der Waals surface area contributed by atoms with Crippen molar-refractivity contribution < 1.29 is 17.3 Å². The zero-order valence-electron chi connectivity index (χ0n) is 12.1. The van der Waals surface area contributed by atoms with E-state index in [1.165, 1.54) is 28.8 Å². The molecule has 0 radical (unpaired) electrons. The first-order chi connectivity index (χ1) is 10.5. The van der Waals surface area contributed by atoms with Gasteiger partial charge in [0.05, 0.1) is 11.7 Å². The van der Waals surface area contributed by atoms with E-state index in [1.807, 2.05) is 6.92 Å². The van der Waals surface area contributed by atoms with Crippen LogP contribution in [0, 0.1) is 11.7 Å². The molecule has 118 valence electrons. The first-order valence-corrected chi connectivity index (χ1v) is 8.72. The van der Waals surface area contributed by atoms with Crippen molar-refractivity contribution in [2.45, 2.75) is 25.1 Å². The summed E-state index contributed by atoms with van der Waals surface area (Å²) in [5, 5.41) is 3.66. The highest BCUT2D eigenvalue weighted by atomic mass is 32.2. The normalized spacial score (nSPS) is 23.0. The number of halogens is 1. The Morgan fingerprint density at radius 2 is 2.23 bits per heavy atom. The van der Waals surface area contributed by atoms with E-state index in [1.54, 1.807) is 12.1 Å². The Balaban J connectivity index is 1.91. The fraction of sp³-hybridized carbons (Fsp3) is 0.400. The summed E-state index contributed by atoms with van der Waals surface area (Å²) < 4.78 is 45.0. The van der Waals surface area contributed by atoms with Gasteiger partial charge in [-0.2, -0.15) is 4.31 Å². The lowest BCUT2D eigenvalue weighted by molar-refractivity contribution is 0.354. The molecule has 1 aromatic heterocycles. The van der Waals surface area contributed by atoms with E-state index in [4.69, 9.17) is 0 Å². The van der Waals surface area contributed by atoms with Crippen LogP contribution in [0.3, 0.4) is 0 Å². The number of sulfonamides is 1. The van der Waals surface area contributed by atoms with Gasteiger partial charge in [-0.25, -0.2) is 12.8 Å². The SMILES string of the molecule is C[C@H]1CCN(S(=O)(=O)Cc2ccon2)[C@H]1c1cccc(F)c1. The monoisotopic (exact) mass is 324 g/mol. The molecule has 1 aliphatic rings. The Hall–Kier alpha value is -1.73. The summed E-state index contributed by atoms with van der Waals surface area (Å²) in [4.78, 5) is 0. The van der Waals surface area contributed by atoms with Crippen LogP contribution in [-0.4, -0.2) is 24.4 Å². The van der Waals surface area contributed by atoms with Crippen molar-refractivity contribution >= 4 is 10.0 Å². The molecule has 0 spiro atoms. The average molecular weight is 324 g/mol. The maximum absolute atomic E-state index is 13.5. The van der Waals surface area contributed by atoms with Gasteiger partial charge in [0.2, 0.25) is 10.0 Å². The predicted octanol–water partition coefficient (Wildman–Crippen LogP) is 2.73. The summed E-state index contributed by atoms with van der Waals surface area (Å²) in [5.41, 5.74) is 1.06. The van der Waals surface area contributed by atoms with Crippen LogP contribution in [0.1, 0.15) is 30.6 Å². The molecule has 0 N–H and O–H groups in total. The van der Waals surface area contributed by atoms with E-state index in [9.17, 15) is 12.8 Å². The maximum Gasteiger partial charge on any atom is 0.220 e. The number of benzene rings is 1. The lowest BCUT2D eigenvalue weighted by Gasteiger charge is -2.26. The second-order valence-corrected chi connectivity index (χ2v) is 7.55. The summed E-state index contributed by atoms with van der Waals surface area (Å²) in [6.45, 7) is 2.42. The largest absolute Gasteiger partial charge is 0.364 e. The highest BCUT2D eigenvalue weighted by Crippen LogP contribution is 2.39. The molecule has 2 heterocycles. The first kappa shape index (κ1) is 15.2. The van der Waals surface area contributed by atoms with E-state index < -0.39 is 10.0 Å². The Morgan fingerprint density at radius 1 is 1.41 bits per heavy atom. The Bertz CT molecular complexity index is 746. The van der Waals surface area contributed by atoms with E-state index in [2.05, 4.69) is 9.68 Å².